The zero-order valence-electron chi connectivity index (χ0n) is 11.0. The maximum absolute atomic E-state index is 11.8. The lowest BCUT2D eigenvalue weighted by Gasteiger charge is -2.01. The second-order valence-corrected chi connectivity index (χ2v) is 5.36. The summed E-state index contributed by atoms with van der Waals surface area (Å²) in [4.78, 5) is 11.8. The van der Waals surface area contributed by atoms with Crippen LogP contribution in [0.5, 0.6) is 5.75 Å². The lowest BCUT2D eigenvalue weighted by molar-refractivity contribution is -0.110. The highest BCUT2D eigenvalue weighted by Gasteiger charge is 2.25. The summed E-state index contributed by atoms with van der Waals surface area (Å²) in [5.41, 5.74) is 1.89. The number of fused-ring (bicyclic) bond motifs is 1. The van der Waals surface area contributed by atoms with Crippen molar-refractivity contribution in [1.82, 2.24) is 0 Å². The van der Waals surface area contributed by atoms with Crippen molar-refractivity contribution in [2.75, 3.05) is 5.32 Å². The van der Waals surface area contributed by atoms with Gasteiger partial charge in [0, 0.05) is 16.1 Å². The molecule has 1 heterocycles. The van der Waals surface area contributed by atoms with Crippen LogP contribution in [0, 0.1) is 0 Å². The Bertz CT molecular complexity index is 832. The molecule has 0 bridgehead atoms. The fraction of sp³-hybridized carbons (Fsp3) is 0. The number of carbonyl (C=O) groups excluding carboxylic acids is 1. The average Bonchev–Trinajstić information content (AvgIpc) is 2.80. The first-order valence-corrected chi connectivity index (χ1v) is 7.01. The molecule has 0 aromatic heterocycles. The minimum atomic E-state index is -0.327. The van der Waals surface area contributed by atoms with Crippen LogP contribution in [0.1, 0.15) is 11.1 Å². The number of phenols is 1. The smallest absolute Gasteiger partial charge is 0.276 e. The van der Waals surface area contributed by atoms with Crippen molar-refractivity contribution < 1.29 is 9.90 Å². The normalized spacial score (nSPS) is 15.4. The van der Waals surface area contributed by atoms with Gasteiger partial charge in [-0.1, -0.05) is 41.4 Å². The fourth-order valence-electron chi connectivity index (χ4n) is 2.03. The number of benzene rings is 2. The topological polar surface area (TPSA) is 74.0 Å². The molecular formula is C15H9Cl2N3O2. The second kappa shape index (κ2) is 5.79. The molecular weight excluding hydrogens is 325 g/mol. The molecule has 2 aromatic carbocycles. The van der Waals surface area contributed by atoms with E-state index in [4.69, 9.17) is 23.2 Å². The summed E-state index contributed by atoms with van der Waals surface area (Å²) >= 11 is 11.7. The summed E-state index contributed by atoms with van der Waals surface area (Å²) in [5, 5.41) is 20.7. The molecule has 0 saturated heterocycles. The maximum atomic E-state index is 11.8. The Labute approximate surface area is 135 Å². The van der Waals surface area contributed by atoms with Crippen molar-refractivity contribution in [3.05, 3.63) is 57.6 Å². The Balaban J connectivity index is 1.93. The second-order valence-electron chi connectivity index (χ2n) is 4.52. The first-order chi connectivity index (χ1) is 10.6. The third kappa shape index (κ3) is 2.68. The number of halogens is 2. The van der Waals surface area contributed by atoms with Crippen molar-refractivity contribution in [3.8, 4) is 5.75 Å². The number of carbonyl (C=O) groups is 1. The van der Waals surface area contributed by atoms with Gasteiger partial charge in [0.1, 0.15) is 5.75 Å². The quantitative estimate of drug-likeness (QED) is 0.652. The number of hydrogen-bond donors (Lipinski definition) is 2. The molecule has 1 aliphatic heterocycles. The van der Waals surface area contributed by atoms with Gasteiger partial charge in [-0.3, -0.25) is 4.79 Å². The summed E-state index contributed by atoms with van der Waals surface area (Å²) in [7, 11) is 0. The molecule has 0 radical (unpaired) electrons. The molecule has 0 unspecified atom stereocenters. The fourth-order valence-corrected chi connectivity index (χ4v) is 2.54. The van der Waals surface area contributed by atoms with Gasteiger partial charge in [-0.15, -0.1) is 5.10 Å². The maximum Gasteiger partial charge on any atom is 0.276 e. The summed E-state index contributed by atoms with van der Waals surface area (Å²) in [5.74, 6) is -0.474. The van der Waals surface area contributed by atoms with Crippen LogP contribution in [0.25, 0.3) is 0 Å². The van der Waals surface area contributed by atoms with Gasteiger partial charge in [-0.2, -0.15) is 5.10 Å². The Kier molecular flexibility index (Phi) is 3.83. The van der Waals surface area contributed by atoms with Crippen LogP contribution in [0.2, 0.25) is 10.0 Å². The number of rotatable bonds is 2. The van der Waals surface area contributed by atoms with Gasteiger partial charge in [-0.05, 0) is 18.2 Å². The summed E-state index contributed by atoms with van der Waals surface area (Å²) in [6, 6.07) is 10.1. The van der Waals surface area contributed by atoms with E-state index in [2.05, 4.69) is 15.5 Å². The van der Waals surface area contributed by atoms with E-state index in [1.54, 1.807) is 18.2 Å². The summed E-state index contributed by atoms with van der Waals surface area (Å²) < 4.78 is 0. The summed E-state index contributed by atoms with van der Waals surface area (Å²) in [6.07, 6.45) is 1.29. The molecule has 3 rings (SSSR count). The molecule has 1 amide bonds. The number of aromatic hydroxyl groups is 1. The number of nitrogens with zero attached hydrogens (tertiary/aromatic N) is 2. The Morgan fingerprint density at radius 1 is 1.18 bits per heavy atom. The molecule has 110 valence electrons. The predicted octanol–water partition coefficient (Wildman–Crippen LogP) is 3.47. The number of phenolic OH excluding ortho intramolecular Hbond substituents is 1. The number of para-hydroxylation sites is 1. The van der Waals surface area contributed by atoms with Gasteiger partial charge < -0.3 is 10.4 Å². The molecule has 0 spiro atoms. The third-order valence-electron chi connectivity index (χ3n) is 3.06. The van der Waals surface area contributed by atoms with Gasteiger partial charge in [0.25, 0.3) is 5.91 Å². The van der Waals surface area contributed by atoms with Crippen molar-refractivity contribution >= 4 is 46.7 Å². The Hall–Kier alpha value is -2.37. The molecule has 0 aliphatic carbocycles. The van der Waals surface area contributed by atoms with E-state index in [9.17, 15) is 9.90 Å². The van der Waals surface area contributed by atoms with E-state index in [1.165, 1.54) is 18.3 Å². The van der Waals surface area contributed by atoms with Crippen molar-refractivity contribution in [1.29, 1.82) is 0 Å². The minimum absolute atomic E-state index is 0.116. The molecule has 22 heavy (non-hydrogen) atoms. The molecule has 0 saturated carbocycles. The Morgan fingerprint density at radius 2 is 1.95 bits per heavy atom. The molecule has 7 heteroatoms. The highest BCUT2D eigenvalue weighted by atomic mass is 35.5. The van der Waals surface area contributed by atoms with Crippen LogP contribution < -0.4 is 5.32 Å². The van der Waals surface area contributed by atoms with Crippen LogP contribution in [-0.2, 0) is 4.79 Å². The first kappa shape index (κ1) is 14.6. The molecule has 0 fully saturated rings. The van der Waals surface area contributed by atoms with E-state index >= 15 is 0 Å². The SMILES string of the molecule is O=C1Nc2ccccc2/C1=N\N=C\c1cc(Cl)cc(Cl)c1O. The molecule has 2 N–H and O–H groups in total. The van der Waals surface area contributed by atoms with Crippen LogP contribution in [0.4, 0.5) is 5.69 Å². The van der Waals surface area contributed by atoms with Gasteiger partial charge >= 0.3 is 0 Å². The zero-order valence-corrected chi connectivity index (χ0v) is 12.6. The molecule has 1 aliphatic rings. The monoisotopic (exact) mass is 333 g/mol. The molecule has 5 nitrogen and oxygen atoms in total. The highest BCUT2D eigenvalue weighted by Crippen LogP contribution is 2.30. The largest absolute Gasteiger partial charge is 0.506 e. The van der Waals surface area contributed by atoms with Gasteiger partial charge in [0.2, 0.25) is 0 Å². The van der Waals surface area contributed by atoms with E-state index < -0.39 is 0 Å². The van der Waals surface area contributed by atoms with E-state index in [0.717, 1.165) is 0 Å². The van der Waals surface area contributed by atoms with E-state index in [1.807, 2.05) is 6.07 Å². The van der Waals surface area contributed by atoms with E-state index in [-0.39, 0.29) is 22.4 Å². The van der Waals surface area contributed by atoms with Gasteiger partial charge in [0.15, 0.2) is 5.71 Å². The van der Waals surface area contributed by atoms with Crippen molar-refractivity contribution in [2.45, 2.75) is 0 Å². The van der Waals surface area contributed by atoms with Crippen LogP contribution >= 0.6 is 23.2 Å². The van der Waals surface area contributed by atoms with Crippen LogP contribution in [0.3, 0.4) is 0 Å². The lowest BCUT2D eigenvalue weighted by Crippen LogP contribution is -2.13. The standard InChI is InChI=1S/C15H9Cl2N3O2/c16-9-5-8(14(21)11(17)6-9)7-18-20-13-10-3-1-2-4-12(10)19-15(13)22/h1-7,21H,(H,19,20,22)/b18-7+. The minimum Gasteiger partial charge on any atom is -0.506 e. The number of amides is 1. The summed E-state index contributed by atoms with van der Waals surface area (Å²) in [6.45, 7) is 0. The average molecular weight is 334 g/mol. The number of nitrogens with one attached hydrogen (secondary N) is 1. The molecule has 2 aromatic rings. The number of hydrogen-bond acceptors (Lipinski definition) is 4. The number of anilines is 1. The van der Waals surface area contributed by atoms with Crippen molar-refractivity contribution in [3.63, 3.8) is 0 Å². The van der Waals surface area contributed by atoms with Crippen LogP contribution in [-0.4, -0.2) is 22.9 Å². The van der Waals surface area contributed by atoms with Gasteiger partial charge in [-0.25, -0.2) is 0 Å². The van der Waals surface area contributed by atoms with Crippen molar-refractivity contribution in [2.24, 2.45) is 10.2 Å². The first-order valence-electron chi connectivity index (χ1n) is 6.26. The Morgan fingerprint density at radius 3 is 2.77 bits per heavy atom. The van der Waals surface area contributed by atoms with Crippen LogP contribution in [0.15, 0.2) is 46.6 Å². The van der Waals surface area contributed by atoms with E-state index in [0.29, 0.717) is 21.8 Å². The zero-order chi connectivity index (χ0) is 15.7. The predicted molar refractivity (Wildman–Crippen MR) is 87.3 cm³/mol. The third-order valence-corrected chi connectivity index (χ3v) is 3.56. The molecule has 0 atom stereocenters. The van der Waals surface area contributed by atoms with Gasteiger partial charge in [0.05, 0.1) is 16.9 Å². The highest BCUT2D eigenvalue weighted by molar-refractivity contribution is 6.53. The lowest BCUT2D eigenvalue weighted by atomic mass is 10.1.